The number of benzene rings is 1. The van der Waals surface area contributed by atoms with Crippen molar-refractivity contribution < 1.29 is 4.79 Å². The Balaban J connectivity index is 1.64. The van der Waals surface area contributed by atoms with Crippen LogP contribution in [0.3, 0.4) is 0 Å². The Morgan fingerprint density at radius 3 is 2.54 bits per heavy atom. The Hall–Kier alpha value is -2.14. The summed E-state index contributed by atoms with van der Waals surface area (Å²) in [7, 11) is 0. The Morgan fingerprint density at radius 1 is 1.17 bits per heavy atom. The maximum atomic E-state index is 12.9. The van der Waals surface area contributed by atoms with Crippen LogP contribution in [0.25, 0.3) is 11.3 Å². The zero-order chi connectivity index (χ0) is 16.9. The predicted molar refractivity (Wildman–Crippen MR) is 95.8 cm³/mol. The summed E-state index contributed by atoms with van der Waals surface area (Å²) in [6.07, 6.45) is 2.86. The van der Waals surface area contributed by atoms with Crippen molar-refractivity contribution in [3.05, 3.63) is 42.1 Å². The van der Waals surface area contributed by atoms with Crippen LogP contribution < -0.4 is 0 Å². The third-order valence-electron chi connectivity index (χ3n) is 4.61. The van der Waals surface area contributed by atoms with Crippen LogP contribution in [-0.4, -0.2) is 58.6 Å². The molecule has 3 rings (SSSR count). The summed E-state index contributed by atoms with van der Waals surface area (Å²) in [5, 5.41) is 7.07. The number of H-pyrrole nitrogens is 1. The summed E-state index contributed by atoms with van der Waals surface area (Å²) < 4.78 is 0. The predicted octanol–water partition coefficient (Wildman–Crippen LogP) is 2.88. The maximum Gasteiger partial charge on any atom is 0.257 e. The van der Waals surface area contributed by atoms with E-state index < -0.39 is 0 Å². The summed E-state index contributed by atoms with van der Waals surface area (Å²) in [6, 6.07) is 9.90. The van der Waals surface area contributed by atoms with E-state index in [1.807, 2.05) is 35.2 Å². The number of hydrogen-bond acceptors (Lipinski definition) is 3. The summed E-state index contributed by atoms with van der Waals surface area (Å²) in [5.74, 6) is 0.801. The molecule has 0 saturated carbocycles. The molecule has 1 aliphatic heterocycles. The molecule has 2 heterocycles. The van der Waals surface area contributed by atoms with Crippen LogP contribution in [-0.2, 0) is 0 Å². The maximum absolute atomic E-state index is 12.9. The van der Waals surface area contributed by atoms with Gasteiger partial charge < -0.3 is 4.90 Å². The monoisotopic (exact) mass is 326 g/mol. The van der Waals surface area contributed by atoms with E-state index in [0.717, 1.165) is 49.9 Å². The quantitative estimate of drug-likeness (QED) is 0.919. The van der Waals surface area contributed by atoms with Gasteiger partial charge in [-0.15, -0.1) is 0 Å². The molecule has 1 saturated heterocycles. The first-order valence-electron chi connectivity index (χ1n) is 8.75. The van der Waals surface area contributed by atoms with Gasteiger partial charge in [0.2, 0.25) is 0 Å². The third-order valence-corrected chi connectivity index (χ3v) is 4.61. The number of nitrogens with one attached hydrogen (secondary N) is 1. The highest BCUT2D eigenvalue weighted by Gasteiger charge is 2.25. The average molecular weight is 326 g/mol. The van der Waals surface area contributed by atoms with Crippen molar-refractivity contribution in [2.75, 3.05) is 32.7 Å². The molecule has 1 aliphatic rings. The minimum Gasteiger partial charge on any atom is -0.336 e. The molecule has 0 aliphatic carbocycles. The molecule has 0 atom stereocenters. The van der Waals surface area contributed by atoms with Crippen LogP contribution in [0.4, 0.5) is 0 Å². The molecule has 1 amide bonds. The van der Waals surface area contributed by atoms with Crippen molar-refractivity contribution >= 4 is 5.91 Å². The lowest BCUT2D eigenvalue weighted by Crippen LogP contribution is -2.49. The molecule has 1 aromatic carbocycles. The molecule has 0 unspecified atom stereocenters. The second-order valence-electron chi connectivity index (χ2n) is 6.84. The van der Waals surface area contributed by atoms with Crippen LogP contribution in [0, 0.1) is 5.92 Å². The number of hydrogen-bond donors (Lipinski definition) is 1. The Labute approximate surface area is 143 Å². The summed E-state index contributed by atoms with van der Waals surface area (Å²) >= 11 is 0. The van der Waals surface area contributed by atoms with E-state index >= 15 is 0 Å². The molecule has 2 aromatic rings. The number of carbonyl (C=O) groups is 1. The van der Waals surface area contributed by atoms with Gasteiger partial charge in [0.05, 0.1) is 17.5 Å². The van der Waals surface area contributed by atoms with Crippen molar-refractivity contribution in [3.8, 4) is 11.3 Å². The van der Waals surface area contributed by atoms with Crippen molar-refractivity contribution in [3.63, 3.8) is 0 Å². The first-order valence-corrected chi connectivity index (χ1v) is 8.75. The lowest BCUT2D eigenvalue weighted by Gasteiger charge is -2.35. The molecule has 1 N–H and O–H groups in total. The number of carbonyl (C=O) groups excluding carboxylic acids is 1. The summed E-state index contributed by atoms with van der Waals surface area (Å²) in [6.45, 7) is 9.12. The number of nitrogens with zero attached hydrogens (tertiary/aromatic N) is 3. The molecule has 24 heavy (non-hydrogen) atoms. The molecule has 0 radical (unpaired) electrons. The smallest absolute Gasteiger partial charge is 0.257 e. The van der Waals surface area contributed by atoms with Gasteiger partial charge in [0.15, 0.2) is 0 Å². The number of piperazine rings is 1. The van der Waals surface area contributed by atoms with Crippen LogP contribution in [0.1, 0.15) is 30.6 Å². The van der Waals surface area contributed by atoms with E-state index in [0.29, 0.717) is 5.56 Å². The Kier molecular flexibility index (Phi) is 5.30. The number of amides is 1. The topological polar surface area (TPSA) is 52.2 Å². The van der Waals surface area contributed by atoms with Gasteiger partial charge in [0.25, 0.3) is 5.91 Å². The van der Waals surface area contributed by atoms with Crippen molar-refractivity contribution in [2.45, 2.75) is 20.3 Å². The highest BCUT2D eigenvalue weighted by Crippen LogP contribution is 2.22. The second-order valence-corrected chi connectivity index (χ2v) is 6.84. The largest absolute Gasteiger partial charge is 0.336 e. The third kappa shape index (κ3) is 3.85. The van der Waals surface area contributed by atoms with Crippen LogP contribution in [0.2, 0.25) is 0 Å². The van der Waals surface area contributed by atoms with Gasteiger partial charge in [0.1, 0.15) is 0 Å². The zero-order valence-corrected chi connectivity index (χ0v) is 14.5. The standard InChI is InChI=1S/C19H26N4O/c1-15(2)8-9-22-10-12-23(13-11-22)19(24)17-14-20-21-18(17)16-6-4-3-5-7-16/h3-7,14-15H,8-13H2,1-2H3,(H,20,21). The highest BCUT2D eigenvalue weighted by molar-refractivity contribution is 5.99. The highest BCUT2D eigenvalue weighted by atomic mass is 16.2. The van der Waals surface area contributed by atoms with Gasteiger partial charge in [-0.2, -0.15) is 5.10 Å². The zero-order valence-electron chi connectivity index (χ0n) is 14.5. The van der Waals surface area contributed by atoms with E-state index in [1.165, 1.54) is 6.42 Å². The van der Waals surface area contributed by atoms with Gasteiger partial charge in [-0.25, -0.2) is 0 Å². The molecular weight excluding hydrogens is 300 g/mol. The molecular formula is C19H26N4O. The number of aromatic amines is 1. The number of aromatic nitrogens is 2. The molecule has 5 nitrogen and oxygen atoms in total. The van der Waals surface area contributed by atoms with Crippen molar-refractivity contribution in [1.29, 1.82) is 0 Å². The van der Waals surface area contributed by atoms with Gasteiger partial charge in [-0.05, 0) is 18.9 Å². The van der Waals surface area contributed by atoms with Crippen LogP contribution in [0.5, 0.6) is 0 Å². The summed E-state index contributed by atoms with van der Waals surface area (Å²) in [5.41, 5.74) is 2.47. The first-order chi connectivity index (χ1) is 11.6. The molecule has 5 heteroatoms. The molecule has 1 fully saturated rings. The molecule has 0 spiro atoms. The lowest BCUT2D eigenvalue weighted by molar-refractivity contribution is 0.0632. The van der Waals surface area contributed by atoms with Crippen LogP contribution >= 0.6 is 0 Å². The fourth-order valence-electron chi connectivity index (χ4n) is 3.06. The normalized spacial score (nSPS) is 15.9. The Morgan fingerprint density at radius 2 is 1.88 bits per heavy atom. The van der Waals surface area contributed by atoms with Gasteiger partial charge >= 0.3 is 0 Å². The number of rotatable bonds is 5. The average Bonchev–Trinajstić information content (AvgIpc) is 3.10. The lowest BCUT2D eigenvalue weighted by atomic mass is 10.1. The molecule has 128 valence electrons. The van der Waals surface area contributed by atoms with E-state index in [-0.39, 0.29) is 5.91 Å². The summed E-state index contributed by atoms with van der Waals surface area (Å²) in [4.78, 5) is 17.3. The molecule has 0 bridgehead atoms. The fourth-order valence-corrected chi connectivity index (χ4v) is 3.06. The van der Waals surface area contributed by atoms with Crippen molar-refractivity contribution in [2.24, 2.45) is 5.92 Å². The van der Waals surface area contributed by atoms with E-state index in [1.54, 1.807) is 6.20 Å². The Bertz CT molecular complexity index is 657. The van der Waals surface area contributed by atoms with Crippen LogP contribution in [0.15, 0.2) is 36.5 Å². The fraction of sp³-hybridized carbons (Fsp3) is 0.474. The van der Waals surface area contributed by atoms with E-state index in [4.69, 9.17) is 0 Å². The van der Waals surface area contributed by atoms with Gasteiger partial charge in [-0.1, -0.05) is 44.2 Å². The second kappa shape index (κ2) is 7.62. The minimum absolute atomic E-state index is 0.0751. The minimum atomic E-state index is 0.0751. The first kappa shape index (κ1) is 16.7. The SMILES string of the molecule is CC(C)CCN1CCN(C(=O)c2cn[nH]c2-c2ccccc2)CC1. The van der Waals surface area contributed by atoms with Gasteiger partial charge in [0, 0.05) is 31.7 Å². The van der Waals surface area contributed by atoms with Gasteiger partial charge in [-0.3, -0.25) is 14.8 Å². The molecule has 1 aromatic heterocycles. The van der Waals surface area contributed by atoms with E-state index in [2.05, 4.69) is 28.9 Å². The van der Waals surface area contributed by atoms with Crippen molar-refractivity contribution in [1.82, 2.24) is 20.0 Å². The van der Waals surface area contributed by atoms with E-state index in [9.17, 15) is 4.79 Å².